The maximum atomic E-state index is 11.8. The third-order valence-electron chi connectivity index (χ3n) is 2.90. The molecule has 1 atom stereocenters. The molecule has 0 N–H and O–H groups in total. The summed E-state index contributed by atoms with van der Waals surface area (Å²) in [5.74, 6) is -0.646. The molecule has 0 radical (unpaired) electrons. The molecule has 1 aliphatic rings. The highest BCUT2D eigenvalue weighted by molar-refractivity contribution is 6.09. The lowest BCUT2D eigenvalue weighted by atomic mass is 9.89. The van der Waals surface area contributed by atoms with Crippen LogP contribution in [0.25, 0.3) is 0 Å². The highest BCUT2D eigenvalue weighted by Crippen LogP contribution is 2.29. The number of nitrogens with zero attached hydrogens (tertiary/aromatic N) is 1. The van der Waals surface area contributed by atoms with E-state index in [-0.39, 0.29) is 11.7 Å². The smallest absolute Gasteiger partial charge is 0.237 e. The highest BCUT2D eigenvalue weighted by atomic mass is 16.2. The predicted molar refractivity (Wildman–Crippen MR) is 57.7 cm³/mol. The molecule has 78 valence electrons. The Hall–Kier alpha value is -1.64. The van der Waals surface area contributed by atoms with Crippen LogP contribution in [0, 0.1) is 5.92 Å². The first-order valence-corrected chi connectivity index (χ1v) is 4.97. The first-order valence-electron chi connectivity index (χ1n) is 4.97. The molecule has 0 spiro atoms. The number of rotatable bonds is 1. The number of benzene rings is 1. The Morgan fingerprint density at radius 3 is 2.73 bits per heavy atom. The SMILES string of the molecule is CC(=O)C1Cc2ccccc2N(C)C1=O. The van der Waals surface area contributed by atoms with Crippen molar-refractivity contribution in [1.82, 2.24) is 0 Å². The Bertz CT molecular complexity index is 425. The van der Waals surface area contributed by atoms with E-state index in [2.05, 4.69) is 0 Å². The van der Waals surface area contributed by atoms with Crippen molar-refractivity contribution in [2.75, 3.05) is 11.9 Å². The van der Waals surface area contributed by atoms with E-state index >= 15 is 0 Å². The molecule has 3 heteroatoms. The zero-order chi connectivity index (χ0) is 11.0. The van der Waals surface area contributed by atoms with Crippen LogP contribution in [0.2, 0.25) is 0 Å². The fourth-order valence-electron chi connectivity index (χ4n) is 1.99. The van der Waals surface area contributed by atoms with Crippen molar-refractivity contribution in [3.63, 3.8) is 0 Å². The number of amides is 1. The number of carbonyl (C=O) groups excluding carboxylic acids is 2. The van der Waals surface area contributed by atoms with Gasteiger partial charge in [0, 0.05) is 12.7 Å². The van der Waals surface area contributed by atoms with Crippen LogP contribution in [0.4, 0.5) is 5.69 Å². The quantitative estimate of drug-likeness (QED) is 0.647. The van der Waals surface area contributed by atoms with Gasteiger partial charge in [-0.3, -0.25) is 9.59 Å². The van der Waals surface area contributed by atoms with Crippen molar-refractivity contribution in [2.24, 2.45) is 5.92 Å². The molecule has 1 aliphatic heterocycles. The van der Waals surface area contributed by atoms with Crippen LogP contribution < -0.4 is 4.90 Å². The summed E-state index contributed by atoms with van der Waals surface area (Å²) in [6.45, 7) is 1.48. The molecule has 0 saturated heterocycles. The van der Waals surface area contributed by atoms with Crippen LogP contribution in [0.5, 0.6) is 0 Å². The minimum absolute atomic E-state index is 0.0543. The van der Waals surface area contributed by atoms with Gasteiger partial charge in [0.05, 0.1) is 0 Å². The third kappa shape index (κ3) is 1.54. The lowest BCUT2D eigenvalue weighted by molar-refractivity contribution is -0.131. The first-order chi connectivity index (χ1) is 7.11. The van der Waals surface area contributed by atoms with Crippen LogP contribution in [0.1, 0.15) is 12.5 Å². The van der Waals surface area contributed by atoms with Gasteiger partial charge < -0.3 is 4.90 Å². The number of hydrogen-bond acceptors (Lipinski definition) is 2. The second-order valence-corrected chi connectivity index (χ2v) is 3.89. The Morgan fingerprint density at radius 2 is 2.07 bits per heavy atom. The second-order valence-electron chi connectivity index (χ2n) is 3.89. The monoisotopic (exact) mass is 203 g/mol. The number of para-hydroxylation sites is 1. The minimum Gasteiger partial charge on any atom is -0.315 e. The predicted octanol–water partition coefficient (Wildman–Crippen LogP) is 1.41. The molecule has 0 saturated carbocycles. The van der Waals surface area contributed by atoms with Crippen molar-refractivity contribution in [3.05, 3.63) is 29.8 Å². The zero-order valence-corrected chi connectivity index (χ0v) is 8.86. The average molecular weight is 203 g/mol. The van der Waals surface area contributed by atoms with E-state index in [1.54, 1.807) is 11.9 Å². The molecule has 0 fully saturated rings. The van der Waals surface area contributed by atoms with Crippen molar-refractivity contribution in [3.8, 4) is 0 Å². The first kappa shape index (κ1) is 9.90. The molecule has 1 unspecified atom stereocenters. The van der Waals surface area contributed by atoms with Gasteiger partial charge in [-0.1, -0.05) is 18.2 Å². The van der Waals surface area contributed by atoms with E-state index in [0.717, 1.165) is 11.3 Å². The summed E-state index contributed by atoms with van der Waals surface area (Å²) in [4.78, 5) is 24.7. The van der Waals surface area contributed by atoms with E-state index in [4.69, 9.17) is 0 Å². The second kappa shape index (κ2) is 3.50. The van der Waals surface area contributed by atoms with Crippen molar-refractivity contribution < 1.29 is 9.59 Å². The van der Waals surface area contributed by atoms with Gasteiger partial charge in [0.2, 0.25) is 5.91 Å². The number of ketones is 1. The summed E-state index contributed by atoms with van der Waals surface area (Å²) >= 11 is 0. The standard InChI is InChI=1S/C12H13NO2/c1-8(14)10-7-9-5-3-4-6-11(9)13(2)12(10)15/h3-6,10H,7H2,1-2H3. The summed E-state index contributed by atoms with van der Waals surface area (Å²) in [6.07, 6.45) is 0.536. The maximum Gasteiger partial charge on any atom is 0.237 e. The van der Waals surface area contributed by atoms with Gasteiger partial charge in [-0.2, -0.15) is 0 Å². The van der Waals surface area contributed by atoms with Gasteiger partial charge >= 0.3 is 0 Å². The van der Waals surface area contributed by atoms with Crippen LogP contribution in [0.3, 0.4) is 0 Å². The minimum atomic E-state index is -0.495. The Balaban J connectivity index is 2.45. The largest absolute Gasteiger partial charge is 0.315 e. The Labute approximate surface area is 88.7 Å². The highest BCUT2D eigenvalue weighted by Gasteiger charge is 2.32. The van der Waals surface area contributed by atoms with Gasteiger partial charge in [-0.15, -0.1) is 0 Å². The van der Waals surface area contributed by atoms with E-state index in [0.29, 0.717) is 6.42 Å². The van der Waals surface area contributed by atoms with Crippen molar-refractivity contribution in [2.45, 2.75) is 13.3 Å². The van der Waals surface area contributed by atoms with Gasteiger partial charge in [0.1, 0.15) is 11.7 Å². The fraction of sp³-hybridized carbons (Fsp3) is 0.333. The average Bonchev–Trinajstić information content (AvgIpc) is 2.23. The molecule has 1 amide bonds. The van der Waals surface area contributed by atoms with E-state index in [1.165, 1.54) is 6.92 Å². The number of hydrogen-bond donors (Lipinski definition) is 0. The molecular weight excluding hydrogens is 190 g/mol. The normalized spacial score (nSPS) is 20.0. The molecule has 2 rings (SSSR count). The van der Waals surface area contributed by atoms with Crippen LogP contribution in [-0.4, -0.2) is 18.7 Å². The lowest BCUT2D eigenvalue weighted by Gasteiger charge is -2.30. The van der Waals surface area contributed by atoms with Gasteiger partial charge in [0.25, 0.3) is 0 Å². The molecule has 15 heavy (non-hydrogen) atoms. The number of carbonyl (C=O) groups is 2. The molecule has 1 heterocycles. The van der Waals surface area contributed by atoms with E-state index in [1.807, 2.05) is 24.3 Å². The summed E-state index contributed by atoms with van der Waals surface area (Å²) in [7, 11) is 1.72. The number of anilines is 1. The summed E-state index contributed by atoms with van der Waals surface area (Å²) in [5, 5.41) is 0. The fourth-order valence-corrected chi connectivity index (χ4v) is 1.99. The van der Waals surface area contributed by atoms with E-state index < -0.39 is 5.92 Å². The Morgan fingerprint density at radius 1 is 1.40 bits per heavy atom. The lowest BCUT2D eigenvalue weighted by Crippen LogP contribution is -2.41. The molecule has 0 bridgehead atoms. The van der Waals surface area contributed by atoms with Crippen LogP contribution >= 0.6 is 0 Å². The van der Waals surface area contributed by atoms with E-state index in [9.17, 15) is 9.59 Å². The molecule has 1 aromatic carbocycles. The summed E-state index contributed by atoms with van der Waals surface area (Å²) < 4.78 is 0. The van der Waals surface area contributed by atoms with Crippen molar-refractivity contribution >= 4 is 17.4 Å². The molecule has 3 nitrogen and oxygen atoms in total. The molecule has 0 aliphatic carbocycles. The van der Waals surface area contributed by atoms with Crippen LogP contribution in [0.15, 0.2) is 24.3 Å². The molecule has 0 aromatic heterocycles. The van der Waals surface area contributed by atoms with Gasteiger partial charge in [-0.25, -0.2) is 0 Å². The number of fused-ring (bicyclic) bond motifs is 1. The maximum absolute atomic E-state index is 11.8. The summed E-state index contributed by atoms with van der Waals surface area (Å²) in [6, 6.07) is 7.70. The number of Topliss-reactive ketones (excluding diaryl/α,β-unsaturated/α-hetero) is 1. The summed E-state index contributed by atoms with van der Waals surface area (Å²) in [5.41, 5.74) is 1.99. The zero-order valence-electron chi connectivity index (χ0n) is 8.86. The van der Waals surface area contributed by atoms with Crippen LogP contribution in [-0.2, 0) is 16.0 Å². The topological polar surface area (TPSA) is 37.4 Å². The van der Waals surface area contributed by atoms with Gasteiger partial charge in [-0.05, 0) is 25.0 Å². The molecule has 1 aromatic rings. The Kier molecular flexibility index (Phi) is 2.31. The van der Waals surface area contributed by atoms with Gasteiger partial charge in [0.15, 0.2) is 0 Å². The molecular formula is C12H13NO2. The third-order valence-corrected chi connectivity index (χ3v) is 2.90. The van der Waals surface area contributed by atoms with Crippen molar-refractivity contribution in [1.29, 1.82) is 0 Å².